The van der Waals surface area contributed by atoms with Crippen molar-refractivity contribution in [3.63, 3.8) is 0 Å². The number of carbonyl (C=O) groups excluding carboxylic acids is 1. The van der Waals surface area contributed by atoms with Crippen LogP contribution in [-0.4, -0.2) is 19.4 Å². The van der Waals surface area contributed by atoms with E-state index in [1.807, 2.05) is 42.5 Å². The van der Waals surface area contributed by atoms with E-state index in [-0.39, 0.29) is 15.9 Å². The Labute approximate surface area is 203 Å². The number of rotatable bonds is 6. The lowest BCUT2D eigenvalue weighted by molar-refractivity contribution is -0.115. The predicted molar refractivity (Wildman–Crippen MR) is 141 cm³/mol. The van der Waals surface area contributed by atoms with Crippen molar-refractivity contribution in [1.82, 2.24) is 5.32 Å². The van der Waals surface area contributed by atoms with E-state index in [4.69, 9.17) is 12.2 Å². The number of anilines is 2. The van der Waals surface area contributed by atoms with Crippen molar-refractivity contribution in [2.24, 2.45) is 0 Å². The minimum Gasteiger partial charge on any atom is -0.332 e. The molecule has 3 N–H and O–H groups in total. The minimum atomic E-state index is -3.72. The van der Waals surface area contributed by atoms with Crippen LogP contribution in [0.25, 0.3) is 16.8 Å². The van der Waals surface area contributed by atoms with Gasteiger partial charge < -0.3 is 5.32 Å². The molecule has 0 spiro atoms. The molecule has 0 bridgehead atoms. The van der Waals surface area contributed by atoms with E-state index in [2.05, 4.69) is 15.4 Å². The fraction of sp³-hybridized carbons (Fsp3) is 0. The van der Waals surface area contributed by atoms with Gasteiger partial charge in [0.05, 0.1) is 4.90 Å². The molecule has 0 radical (unpaired) electrons. The molecule has 0 aliphatic rings. The summed E-state index contributed by atoms with van der Waals surface area (Å²) in [5.74, 6) is -0.378. The Morgan fingerprint density at radius 2 is 1.44 bits per heavy atom. The highest BCUT2D eigenvalue weighted by Crippen LogP contribution is 2.20. The summed E-state index contributed by atoms with van der Waals surface area (Å²) in [6.45, 7) is 0. The van der Waals surface area contributed by atoms with Gasteiger partial charge in [-0.1, -0.05) is 60.7 Å². The minimum absolute atomic E-state index is 0.102. The van der Waals surface area contributed by atoms with Crippen LogP contribution in [-0.2, 0) is 14.8 Å². The largest absolute Gasteiger partial charge is 0.332 e. The number of nitrogens with one attached hydrogen (secondary N) is 3. The van der Waals surface area contributed by atoms with Gasteiger partial charge >= 0.3 is 0 Å². The fourth-order valence-corrected chi connectivity index (χ4v) is 4.59. The first-order valence-electron chi connectivity index (χ1n) is 10.4. The molecule has 0 saturated heterocycles. The van der Waals surface area contributed by atoms with Crippen molar-refractivity contribution < 1.29 is 13.2 Å². The van der Waals surface area contributed by atoms with Gasteiger partial charge in [0.25, 0.3) is 10.0 Å². The molecule has 34 heavy (non-hydrogen) atoms. The summed E-state index contributed by atoms with van der Waals surface area (Å²) in [7, 11) is -3.72. The first-order chi connectivity index (χ1) is 16.4. The number of thiocarbonyl (C=S) groups is 1. The van der Waals surface area contributed by atoms with Crippen molar-refractivity contribution in [3.8, 4) is 0 Å². The van der Waals surface area contributed by atoms with E-state index in [0.717, 1.165) is 16.3 Å². The Kier molecular flexibility index (Phi) is 7.01. The molecule has 0 aliphatic carbocycles. The molecule has 0 unspecified atom stereocenters. The van der Waals surface area contributed by atoms with Crippen LogP contribution in [0.3, 0.4) is 0 Å². The average Bonchev–Trinajstić information content (AvgIpc) is 2.83. The molecular formula is C26H21N3O3S2. The Hall–Kier alpha value is -4.01. The second-order valence-electron chi connectivity index (χ2n) is 7.34. The zero-order valence-corrected chi connectivity index (χ0v) is 19.6. The number of benzene rings is 4. The quantitative estimate of drug-likeness (QED) is 0.258. The van der Waals surface area contributed by atoms with Gasteiger partial charge in [0, 0.05) is 17.5 Å². The normalized spacial score (nSPS) is 11.3. The number of sulfonamides is 1. The molecule has 4 rings (SSSR count). The standard InChI is InChI=1S/C26H21N3O3S2/c30-25(18-13-20-9-6-8-19-7-4-5-12-24(19)20)28-26(33)27-21-14-16-23(17-15-21)34(31,32)29-22-10-2-1-3-11-22/h1-18,29H,(H2,27,28,30,33)/b18-13+. The van der Waals surface area contributed by atoms with Crippen molar-refractivity contribution >= 4 is 61.5 Å². The van der Waals surface area contributed by atoms with Gasteiger partial charge in [0.1, 0.15) is 0 Å². The van der Waals surface area contributed by atoms with E-state index in [1.54, 1.807) is 48.5 Å². The molecule has 0 aliphatic heterocycles. The van der Waals surface area contributed by atoms with Gasteiger partial charge in [-0.2, -0.15) is 0 Å². The summed E-state index contributed by atoms with van der Waals surface area (Å²) in [4.78, 5) is 12.4. The first-order valence-corrected chi connectivity index (χ1v) is 12.3. The number of fused-ring (bicyclic) bond motifs is 1. The SMILES string of the molecule is O=C(/C=C/c1cccc2ccccc12)NC(=S)Nc1ccc(S(=O)(=O)Nc2ccccc2)cc1. The molecule has 0 atom stereocenters. The molecule has 0 fully saturated rings. The van der Waals surface area contributed by atoms with Crippen LogP contribution in [0.2, 0.25) is 0 Å². The van der Waals surface area contributed by atoms with Crippen LogP contribution in [0.1, 0.15) is 5.56 Å². The van der Waals surface area contributed by atoms with Crippen LogP contribution < -0.4 is 15.4 Å². The highest BCUT2D eigenvalue weighted by molar-refractivity contribution is 7.92. The number of hydrogen-bond donors (Lipinski definition) is 3. The highest BCUT2D eigenvalue weighted by atomic mass is 32.2. The third-order valence-electron chi connectivity index (χ3n) is 4.92. The maximum absolute atomic E-state index is 12.5. The summed E-state index contributed by atoms with van der Waals surface area (Å²) in [6, 6.07) is 28.5. The second-order valence-corrected chi connectivity index (χ2v) is 9.43. The predicted octanol–water partition coefficient (Wildman–Crippen LogP) is 5.17. The van der Waals surface area contributed by atoms with Gasteiger partial charge in [-0.05, 0) is 71.0 Å². The second kappa shape index (κ2) is 10.3. The van der Waals surface area contributed by atoms with Crippen LogP contribution in [0.4, 0.5) is 11.4 Å². The van der Waals surface area contributed by atoms with E-state index in [9.17, 15) is 13.2 Å². The lowest BCUT2D eigenvalue weighted by atomic mass is 10.0. The molecule has 170 valence electrons. The first kappa shape index (κ1) is 23.2. The summed E-state index contributed by atoms with van der Waals surface area (Å²) >= 11 is 5.21. The van der Waals surface area contributed by atoms with Crippen molar-refractivity contribution in [2.75, 3.05) is 10.0 Å². The maximum Gasteiger partial charge on any atom is 0.261 e. The summed E-state index contributed by atoms with van der Waals surface area (Å²) in [5, 5.41) is 7.71. The van der Waals surface area contributed by atoms with Gasteiger partial charge in [-0.3, -0.25) is 14.8 Å². The van der Waals surface area contributed by atoms with Gasteiger partial charge in [0.15, 0.2) is 5.11 Å². The van der Waals surface area contributed by atoms with Crippen LogP contribution in [0.5, 0.6) is 0 Å². The lowest BCUT2D eigenvalue weighted by Crippen LogP contribution is -2.32. The number of para-hydroxylation sites is 1. The zero-order chi connectivity index (χ0) is 24.0. The van der Waals surface area contributed by atoms with Crippen LogP contribution in [0, 0.1) is 0 Å². The monoisotopic (exact) mass is 487 g/mol. The Morgan fingerprint density at radius 3 is 2.21 bits per heavy atom. The molecule has 6 nitrogen and oxygen atoms in total. The van der Waals surface area contributed by atoms with E-state index >= 15 is 0 Å². The number of carbonyl (C=O) groups is 1. The maximum atomic E-state index is 12.5. The third-order valence-corrected chi connectivity index (χ3v) is 6.52. The number of hydrogen-bond acceptors (Lipinski definition) is 4. The lowest BCUT2D eigenvalue weighted by Gasteiger charge is -2.10. The molecule has 4 aromatic carbocycles. The molecule has 0 heterocycles. The fourth-order valence-electron chi connectivity index (χ4n) is 3.31. The zero-order valence-electron chi connectivity index (χ0n) is 17.9. The van der Waals surface area contributed by atoms with E-state index in [0.29, 0.717) is 11.4 Å². The van der Waals surface area contributed by atoms with E-state index in [1.165, 1.54) is 18.2 Å². The van der Waals surface area contributed by atoms with Crippen molar-refractivity contribution in [1.29, 1.82) is 0 Å². The molecular weight excluding hydrogens is 466 g/mol. The third kappa shape index (κ3) is 5.86. The average molecular weight is 488 g/mol. The summed E-state index contributed by atoms with van der Waals surface area (Å²) < 4.78 is 27.6. The Morgan fingerprint density at radius 1 is 0.765 bits per heavy atom. The highest BCUT2D eigenvalue weighted by Gasteiger charge is 2.14. The smallest absolute Gasteiger partial charge is 0.261 e. The van der Waals surface area contributed by atoms with Crippen molar-refractivity contribution in [3.05, 3.63) is 109 Å². The number of amides is 1. The molecule has 8 heteroatoms. The van der Waals surface area contributed by atoms with Gasteiger partial charge in [-0.25, -0.2) is 8.42 Å². The molecule has 0 saturated carbocycles. The molecule has 4 aromatic rings. The topological polar surface area (TPSA) is 87.3 Å². The van der Waals surface area contributed by atoms with Gasteiger partial charge in [-0.15, -0.1) is 0 Å². The Balaban J connectivity index is 1.35. The van der Waals surface area contributed by atoms with Crippen LogP contribution >= 0.6 is 12.2 Å². The molecule has 0 aromatic heterocycles. The van der Waals surface area contributed by atoms with E-state index < -0.39 is 10.0 Å². The Bertz CT molecular complexity index is 1460. The van der Waals surface area contributed by atoms with Crippen LogP contribution in [0.15, 0.2) is 108 Å². The van der Waals surface area contributed by atoms with Crippen molar-refractivity contribution in [2.45, 2.75) is 4.90 Å². The van der Waals surface area contributed by atoms with Gasteiger partial charge in [0.2, 0.25) is 5.91 Å². The summed E-state index contributed by atoms with van der Waals surface area (Å²) in [5.41, 5.74) is 1.94. The molecule has 1 amide bonds. The summed E-state index contributed by atoms with van der Waals surface area (Å²) in [6.07, 6.45) is 3.15.